The van der Waals surface area contributed by atoms with Crippen LogP contribution in [0.5, 0.6) is 0 Å². The Morgan fingerprint density at radius 2 is 0.568 bits per heavy atom. The molecule has 0 heterocycles. The number of unbranched alkanes of at least 4 members (excludes halogenated alkanes) is 24. The minimum Gasteiger partial charge on any atom is -0.463 e. The summed E-state index contributed by atoms with van der Waals surface area (Å²) in [5.41, 5.74) is 0. The van der Waals surface area contributed by atoms with Gasteiger partial charge in [0.1, 0.15) is 0 Å². The number of esters is 6. The predicted octanol–water partition coefficient (Wildman–Crippen LogP) is 34.2. The summed E-state index contributed by atoms with van der Waals surface area (Å²) < 4.78 is 56.0. The van der Waals surface area contributed by atoms with Crippen molar-refractivity contribution >= 4 is 77.6 Å². The number of aliphatic hydroxyl groups is 2. The number of hydrogen-bond acceptors (Lipinski definition) is 19. The molecule has 4 aliphatic carbocycles. The first-order valence-corrected chi connectivity index (χ1v) is 68.5. The number of carbonyl (C=O) groups excluding carboxylic acids is 7. The Kier molecular flexibility index (Phi) is 78.7. The van der Waals surface area contributed by atoms with Gasteiger partial charge in [-0.3, -0.25) is 24.0 Å². The first-order valence-electron chi connectivity index (χ1n) is 59.7. The first kappa shape index (κ1) is 142. The van der Waals surface area contributed by atoms with Gasteiger partial charge in [-0.2, -0.15) is 0 Å². The summed E-state index contributed by atoms with van der Waals surface area (Å²) in [6.07, 6.45) is 70.6. The molecule has 0 bridgehead atoms. The molecule has 146 heavy (non-hydrogen) atoms. The summed E-state index contributed by atoms with van der Waals surface area (Å²) in [6.45, 7) is 66.1. The van der Waals surface area contributed by atoms with E-state index in [1.807, 2.05) is 55.4 Å². The van der Waals surface area contributed by atoms with E-state index in [2.05, 4.69) is 190 Å². The number of hydrogen-bond donors (Lipinski definition) is 2. The molecule has 0 aromatic heterocycles. The van der Waals surface area contributed by atoms with Crippen LogP contribution in [-0.4, -0.2) is 157 Å². The Hall–Kier alpha value is -3.85. The zero-order chi connectivity index (χ0) is 111. The van der Waals surface area contributed by atoms with Crippen molar-refractivity contribution in [3.63, 3.8) is 0 Å². The van der Waals surface area contributed by atoms with Crippen molar-refractivity contribution in [1.29, 1.82) is 0 Å². The van der Waals surface area contributed by atoms with E-state index in [4.69, 9.17) is 53.3 Å². The van der Waals surface area contributed by atoms with Crippen LogP contribution in [0.25, 0.3) is 0 Å². The Balaban J connectivity index is 0.00000183. The van der Waals surface area contributed by atoms with E-state index in [0.717, 1.165) is 108 Å². The molecule has 0 saturated heterocycles. The third kappa shape index (κ3) is 62.6. The Morgan fingerprint density at radius 3 is 0.863 bits per heavy atom. The Morgan fingerprint density at radius 1 is 0.315 bits per heavy atom. The summed E-state index contributed by atoms with van der Waals surface area (Å²) in [5.74, 6) is 4.80. The smallest absolute Gasteiger partial charge is 0.347 e. The minimum atomic E-state index is -1.88. The highest BCUT2D eigenvalue weighted by Crippen LogP contribution is 2.51. The molecule has 4 fully saturated rings. The molecule has 23 heteroatoms. The van der Waals surface area contributed by atoms with Crippen molar-refractivity contribution in [1.82, 2.24) is 0 Å². The fourth-order valence-corrected chi connectivity index (χ4v) is 26.7. The molecular formula is C123H231ClO19Si3. The van der Waals surface area contributed by atoms with Crippen LogP contribution < -0.4 is 0 Å². The monoisotopic (exact) mass is 2130 g/mol. The molecule has 856 valence electrons. The molecule has 19 atom stereocenters. The molecule has 0 radical (unpaired) electrons. The molecule has 4 aliphatic rings. The third-order valence-electron chi connectivity index (χ3n) is 32.2. The van der Waals surface area contributed by atoms with E-state index >= 15 is 0 Å². The summed E-state index contributed by atoms with van der Waals surface area (Å²) >= 11 is 5.11. The van der Waals surface area contributed by atoms with Crippen molar-refractivity contribution < 1.29 is 90.2 Å². The van der Waals surface area contributed by atoms with Gasteiger partial charge in [0.2, 0.25) is 0 Å². The summed E-state index contributed by atoms with van der Waals surface area (Å²) in [6, 6.07) is 3.75. The van der Waals surface area contributed by atoms with Gasteiger partial charge in [-0.25, -0.2) is 9.59 Å². The lowest BCUT2D eigenvalue weighted by Gasteiger charge is -2.40. The first-order chi connectivity index (χ1) is 68.8. The second-order valence-electron chi connectivity index (χ2n) is 48.2. The summed E-state index contributed by atoms with van der Waals surface area (Å²) in [5, 5.41) is 21.1. The maximum absolute atomic E-state index is 11.7. The lowest BCUT2D eigenvalue weighted by atomic mass is 9.83. The topological polar surface area (TPSA) is 252 Å². The standard InChI is InChI=1S/2C30H58O3Si.C29H56O4Si.C24H44O3.C10H15ClO6/c1-10-11-12-13-14-18-21-27-26(20-17-15-16-19-22-29(31)32-24(2)3)25(4)23-28(27)33-34(8,9)30(5,6)7;1-8-12-13-14-15-19-22-28-27(21-18-16-17-20-23-30(31)32-25(5)6)26(7)24-29(28)33-34(9-2,10-3)11-4;1-9-10-11-12-13-17-20-25-24(19-16-14-15-18-21-28(31)32-23(2)3)26(30)22-27(25)33-34(7,8)29(4,5)6;1-5-6-7-8-9-13-16-22-21(20(4)18-23(22)25)15-12-10-11-14-17-24(26)27-19(2)3;1-5(8(11)12)16-10(14)7(3)17-9(13)6(2)15-4/h15,17,24-28H,10-14,16,18-23H2,1-9H3;16,18,25-29H,8-15,17,19-24H2,1-7H3;14,16,23-27,30H,9-13,15,17-22H2,1-8H3;10,12,19-23,25H,5-9,11,13-18H2,1-4H3;5-7H,1-4H3/b17-15-;18-16-;16-14-;12-10-;/t25-,26-,27+,28+;26-,27-,28+,29+;24-,25-,26+,27-;20-,21-,22+,23+;/m0010./s1. The van der Waals surface area contributed by atoms with Crippen LogP contribution in [0.3, 0.4) is 0 Å². The zero-order valence-electron chi connectivity index (χ0n) is 100. The number of carbonyl (C=O) groups is 7. The Bertz CT molecular complexity index is 3260. The molecule has 3 unspecified atom stereocenters. The van der Waals surface area contributed by atoms with E-state index in [1.165, 1.54) is 232 Å². The lowest BCUT2D eigenvalue weighted by Crippen LogP contribution is -2.45. The molecule has 4 rings (SSSR count). The van der Waals surface area contributed by atoms with E-state index in [9.17, 15) is 43.8 Å². The highest BCUT2D eigenvalue weighted by Gasteiger charge is 2.50. The number of rotatable bonds is 71. The van der Waals surface area contributed by atoms with Gasteiger partial charge in [0.15, 0.2) is 43.3 Å². The third-order valence-corrected chi connectivity index (χ3v) is 46.2. The largest absolute Gasteiger partial charge is 0.463 e. The van der Waals surface area contributed by atoms with Gasteiger partial charge in [-0.1, -0.05) is 313 Å². The zero-order valence-corrected chi connectivity index (χ0v) is 104. The quantitative estimate of drug-likeness (QED) is 0.0143. The Labute approximate surface area is 905 Å². The van der Waals surface area contributed by atoms with Crippen LogP contribution >= 0.6 is 11.6 Å². The fourth-order valence-electron chi connectivity index (χ4n) is 21.0. The minimum absolute atomic E-state index is 0.0134. The molecule has 0 spiro atoms. The molecule has 2 N–H and O–H groups in total. The maximum Gasteiger partial charge on any atom is 0.347 e. The maximum atomic E-state index is 11.7. The van der Waals surface area contributed by atoms with Gasteiger partial charge < -0.3 is 56.6 Å². The van der Waals surface area contributed by atoms with Gasteiger partial charge in [-0.05, 0) is 336 Å². The van der Waals surface area contributed by atoms with Crippen LogP contribution in [0.1, 0.15) is 495 Å². The number of ether oxygens (including phenoxy) is 7. The highest BCUT2D eigenvalue weighted by molar-refractivity contribution is 6.74. The molecule has 19 nitrogen and oxygen atoms in total. The second-order valence-corrected chi connectivity index (χ2v) is 62.8. The van der Waals surface area contributed by atoms with E-state index in [0.29, 0.717) is 85.2 Å². The van der Waals surface area contributed by atoms with Crippen molar-refractivity contribution in [2.75, 3.05) is 7.11 Å². The number of methoxy groups -OCH3 is 1. The molecule has 0 aromatic rings. The summed E-state index contributed by atoms with van der Waals surface area (Å²) in [7, 11) is -3.90. The van der Waals surface area contributed by atoms with Gasteiger partial charge in [-0.15, -0.1) is 0 Å². The van der Waals surface area contributed by atoms with Crippen LogP contribution in [-0.2, 0) is 80.0 Å². The van der Waals surface area contributed by atoms with Crippen molar-refractivity contribution in [2.45, 2.75) is 623 Å². The summed E-state index contributed by atoms with van der Waals surface area (Å²) in [4.78, 5) is 79.9. The fraction of sp³-hybridized carbons (Fsp3) is 0.878. The molecular weight excluding hydrogens is 1900 g/mol. The highest BCUT2D eigenvalue weighted by atomic mass is 35.5. The van der Waals surface area contributed by atoms with Gasteiger partial charge >= 0.3 is 35.8 Å². The van der Waals surface area contributed by atoms with Crippen molar-refractivity contribution in [2.24, 2.45) is 65.1 Å². The van der Waals surface area contributed by atoms with Crippen LogP contribution in [0.2, 0.25) is 54.4 Å². The van der Waals surface area contributed by atoms with E-state index < -0.39 is 60.4 Å². The van der Waals surface area contributed by atoms with Gasteiger partial charge in [0, 0.05) is 45.0 Å². The SMILES string of the molecule is CCCCCCCC[C@@H]1[C@@H](C/C=C\CCCC(=O)OC(C)C)[C@@H](C)C[C@H]1O.CCCCCCCC[C@@H]1[C@@H](C/C=C\CCCC(=O)OC(C)C)[C@@H](C)C[C@H]1O[Si](C)(C)C(C)(C)C.CCCCCCCC[C@@H]1[C@@H](C/C=C\CCCC(=O)OC(C)C)[C@@H](C)C[C@H]1O[Si](CC)(CC)CC.CCCCCCCC[C@@H]1[C@@H](C/C=C\CCCC(=O)OC(C)C)[C@@H](O)C[C@H]1O[Si](C)(C)C(C)(C)C.COC(C)C(=O)OC(C)C(=O)OC(C)C(=O)Cl. The van der Waals surface area contributed by atoms with Crippen molar-refractivity contribution in [3.05, 3.63) is 48.6 Å². The second kappa shape index (κ2) is 80.9. The lowest BCUT2D eigenvalue weighted by molar-refractivity contribution is -0.175. The van der Waals surface area contributed by atoms with Crippen molar-refractivity contribution in [3.8, 4) is 0 Å². The van der Waals surface area contributed by atoms with Crippen LogP contribution in [0, 0.1) is 65.1 Å². The molecule has 4 saturated carbocycles. The number of aliphatic hydroxyl groups excluding tert-OH is 2. The predicted molar refractivity (Wildman–Crippen MR) is 618 cm³/mol. The van der Waals surface area contributed by atoms with Crippen LogP contribution in [0.4, 0.5) is 0 Å². The molecule has 0 amide bonds. The average Bonchev–Trinajstić information content (AvgIpc) is 1.71. The van der Waals surface area contributed by atoms with Gasteiger partial charge in [0.05, 0.1) is 42.7 Å². The number of halogens is 1. The molecule has 0 aliphatic heterocycles. The average molecular weight is 2130 g/mol. The molecule has 0 aromatic carbocycles. The van der Waals surface area contributed by atoms with Crippen LogP contribution in [0.15, 0.2) is 48.6 Å². The normalized spacial score (nSPS) is 23.1. The van der Waals surface area contributed by atoms with Gasteiger partial charge in [0.25, 0.3) is 5.24 Å². The van der Waals surface area contributed by atoms with E-state index in [-0.39, 0.29) is 82.6 Å². The van der Waals surface area contributed by atoms with E-state index in [1.54, 1.807) is 0 Å². The number of allylic oxidation sites excluding steroid dienone is 8.